The Morgan fingerprint density at radius 3 is 2.50 bits per heavy atom. The molecule has 0 spiro atoms. The molecule has 24 heavy (non-hydrogen) atoms. The summed E-state index contributed by atoms with van der Waals surface area (Å²) in [4.78, 5) is 22.3. The van der Waals surface area contributed by atoms with Gasteiger partial charge in [-0.25, -0.2) is 9.97 Å². The molecule has 7 heteroatoms. The molecule has 0 fully saturated rings. The van der Waals surface area contributed by atoms with Gasteiger partial charge in [-0.3, -0.25) is 4.79 Å². The Morgan fingerprint density at radius 2 is 1.88 bits per heavy atom. The van der Waals surface area contributed by atoms with Gasteiger partial charge >= 0.3 is 0 Å². The van der Waals surface area contributed by atoms with Crippen LogP contribution in [0.5, 0.6) is 0 Å². The number of carbonyl (C=O) groups excluding carboxylic acids is 1. The van der Waals surface area contributed by atoms with E-state index in [9.17, 15) is 4.79 Å². The van der Waals surface area contributed by atoms with Gasteiger partial charge in [-0.05, 0) is 38.2 Å². The molecule has 0 unspecified atom stereocenters. The summed E-state index contributed by atoms with van der Waals surface area (Å²) in [5, 5.41) is 6.73. The van der Waals surface area contributed by atoms with Crippen molar-refractivity contribution in [2.24, 2.45) is 0 Å². The van der Waals surface area contributed by atoms with E-state index < -0.39 is 0 Å². The highest BCUT2D eigenvalue weighted by Gasteiger charge is 2.07. The number of likely N-dealkylation sites (N-methyl/N-ethyl adjacent to an activating group) is 1. The third-order valence-electron chi connectivity index (χ3n) is 3.36. The van der Waals surface area contributed by atoms with Gasteiger partial charge in [0.2, 0.25) is 0 Å². The van der Waals surface area contributed by atoms with Crippen molar-refractivity contribution in [3.8, 4) is 0 Å². The van der Waals surface area contributed by atoms with Gasteiger partial charge in [-0.2, -0.15) is 0 Å². The van der Waals surface area contributed by atoms with E-state index in [-0.39, 0.29) is 5.91 Å². The SMILES string of the molecule is CN(C)CCNC(=O)c1cnc(NCCc2ccc(Cl)cc2)cn1. The third kappa shape index (κ3) is 6.14. The normalized spacial score (nSPS) is 10.7. The van der Waals surface area contributed by atoms with Gasteiger partial charge in [0.05, 0.1) is 12.4 Å². The van der Waals surface area contributed by atoms with Crippen molar-refractivity contribution in [2.45, 2.75) is 6.42 Å². The predicted octanol–water partition coefficient (Wildman–Crippen LogP) is 2.08. The lowest BCUT2D eigenvalue weighted by molar-refractivity contribution is 0.0945. The fraction of sp³-hybridized carbons (Fsp3) is 0.353. The number of nitrogens with zero attached hydrogens (tertiary/aromatic N) is 3. The second-order valence-electron chi connectivity index (χ2n) is 5.65. The number of amides is 1. The number of halogens is 1. The highest BCUT2D eigenvalue weighted by atomic mass is 35.5. The zero-order valence-electron chi connectivity index (χ0n) is 13.9. The van der Waals surface area contributed by atoms with E-state index in [4.69, 9.17) is 11.6 Å². The summed E-state index contributed by atoms with van der Waals surface area (Å²) in [6, 6.07) is 7.74. The number of hydrogen-bond donors (Lipinski definition) is 2. The molecular formula is C17H22ClN5O. The molecule has 0 aliphatic heterocycles. The first-order chi connectivity index (χ1) is 11.5. The van der Waals surface area contributed by atoms with Crippen LogP contribution in [0.3, 0.4) is 0 Å². The molecule has 0 aliphatic rings. The van der Waals surface area contributed by atoms with E-state index in [1.807, 2.05) is 43.3 Å². The molecule has 0 bridgehead atoms. The van der Waals surface area contributed by atoms with E-state index in [2.05, 4.69) is 20.6 Å². The molecule has 1 aromatic carbocycles. The van der Waals surface area contributed by atoms with Gasteiger partial charge in [0.25, 0.3) is 5.91 Å². The largest absolute Gasteiger partial charge is 0.368 e. The monoisotopic (exact) mass is 347 g/mol. The summed E-state index contributed by atoms with van der Waals surface area (Å²) in [5.41, 5.74) is 1.51. The van der Waals surface area contributed by atoms with Crippen molar-refractivity contribution in [3.05, 3.63) is 52.9 Å². The van der Waals surface area contributed by atoms with E-state index >= 15 is 0 Å². The maximum absolute atomic E-state index is 11.9. The minimum absolute atomic E-state index is 0.211. The molecule has 0 aliphatic carbocycles. The first kappa shape index (κ1) is 18.2. The number of aromatic nitrogens is 2. The number of benzene rings is 1. The minimum atomic E-state index is -0.211. The van der Waals surface area contributed by atoms with E-state index in [0.29, 0.717) is 18.1 Å². The fourth-order valence-corrected chi connectivity index (χ4v) is 2.13. The quantitative estimate of drug-likeness (QED) is 0.765. The lowest BCUT2D eigenvalue weighted by atomic mass is 10.1. The van der Waals surface area contributed by atoms with Crippen LogP contribution in [0.25, 0.3) is 0 Å². The van der Waals surface area contributed by atoms with Gasteiger partial charge in [0.15, 0.2) is 0 Å². The Bertz CT molecular complexity index is 643. The molecule has 0 atom stereocenters. The summed E-state index contributed by atoms with van der Waals surface area (Å²) < 4.78 is 0. The zero-order valence-corrected chi connectivity index (χ0v) is 14.7. The van der Waals surface area contributed by atoms with Gasteiger partial charge in [-0.1, -0.05) is 23.7 Å². The Balaban J connectivity index is 1.77. The van der Waals surface area contributed by atoms with Crippen molar-refractivity contribution >= 4 is 23.3 Å². The number of carbonyl (C=O) groups is 1. The average molecular weight is 348 g/mol. The van der Waals surface area contributed by atoms with Crippen molar-refractivity contribution in [3.63, 3.8) is 0 Å². The molecule has 0 saturated heterocycles. The third-order valence-corrected chi connectivity index (χ3v) is 3.61. The van der Waals surface area contributed by atoms with Crippen LogP contribution in [-0.4, -0.2) is 54.5 Å². The Labute approximate surface area is 147 Å². The molecule has 6 nitrogen and oxygen atoms in total. The molecule has 2 aromatic rings. The highest BCUT2D eigenvalue weighted by molar-refractivity contribution is 6.30. The second kappa shape index (κ2) is 9.20. The van der Waals surface area contributed by atoms with E-state index in [1.165, 1.54) is 11.8 Å². The Morgan fingerprint density at radius 1 is 1.12 bits per heavy atom. The van der Waals surface area contributed by atoms with Gasteiger partial charge in [0.1, 0.15) is 11.5 Å². The number of nitrogens with one attached hydrogen (secondary N) is 2. The van der Waals surface area contributed by atoms with Crippen LogP contribution < -0.4 is 10.6 Å². The Hall–Kier alpha value is -2.18. The van der Waals surface area contributed by atoms with Crippen LogP contribution in [0.4, 0.5) is 5.82 Å². The van der Waals surface area contributed by atoms with Crippen molar-refractivity contribution in [2.75, 3.05) is 39.0 Å². The summed E-state index contributed by atoms with van der Waals surface area (Å²) in [5.74, 6) is 0.436. The number of anilines is 1. The molecule has 2 rings (SSSR count). The maximum atomic E-state index is 11.9. The minimum Gasteiger partial charge on any atom is -0.368 e. The molecule has 1 heterocycles. The summed E-state index contributed by atoms with van der Waals surface area (Å²) in [7, 11) is 3.91. The number of hydrogen-bond acceptors (Lipinski definition) is 5. The first-order valence-electron chi connectivity index (χ1n) is 7.78. The Kier molecular flexibility index (Phi) is 6.96. The molecular weight excluding hydrogens is 326 g/mol. The fourth-order valence-electron chi connectivity index (χ4n) is 2.01. The van der Waals surface area contributed by atoms with Crippen molar-refractivity contribution in [1.29, 1.82) is 0 Å². The lowest BCUT2D eigenvalue weighted by Crippen LogP contribution is -2.31. The standard InChI is InChI=1S/C17H22ClN5O/c1-23(2)10-9-20-17(24)15-11-22-16(12-21-15)19-8-7-13-3-5-14(18)6-4-13/h3-6,11-12H,7-10H2,1-2H3,(H,19,22)(H,20,24). The highest BCUT2D eigenvalue weighted by Crippen LogP contribution is 2.10. The summed E-state index contributed by atoms with van der Waals surface area (Å²) >= 11 is 5.86. The molecule has 0 radical (unpaired) electrons. The van der Waals surface area contributed by atoms with Crippen LogP contribution in [0.2, 0.25) is 5.02 Å². The predicted molar refractivity (Wildman–Crippen MR) is 96.6 cm³/mol. The van der Waals surface area contributed by atoms with Crippen molar-refractivity contribution in [1.82, 2.24) is 20.2 Å². The molecule has 0 saturated carbocycles. The topological polar surface area (TPSA) is 70.2 Å². The van der Waals surface area contributed by atoms with E-state index in [0.717, 1.165) is 24.5 Å². The van der Waals surface area contributed by atoms with Gasteiger partial charge in [0, 0.05) is 24.7 Å². The van der Waals surface area contributed by atoms with Crippen LogP contribution in [0, 0.1) is 0 Å². The van der Waals surface area contributed by atoms with Crippen LogP contribution >= 0.6 is 11.6 Å². The van der Waals surface area contributed by atoms with Crippen LogP contribution in [0.1, 0.15) is 16.1 Å². The maximum Gasteiger partial charge on any atom is 0.271 e. The first-order valence-corrected chi connectivity index (χ1v) is 8.15. The molecule has 2 N–H and O–H groups in total. The smallest absolute Gasteiger partial charge is 0.271 e. The zero-order chi connectivity index (χ0) is 17.4. The summed E-state index contributed by atoms with van der Waals surface area (Å²) in [6.45, 7) is 2.09. The lowest BCUT2D eigenvalue weighted by Gasteiger charge is -2.10. The van der Waals surface area contributed by atoms with Crippen LogP contribution in [-0.2, 0) is 6.42 Å². The van der Waals surface area contributed by atoms with Gasteiger partial charge in [-0.15, -0.1) is 0 Å². The second-order valence-corrected chi connectivity index (χ2v) is 6.09. The molecule has 1 aromatic heterocycles. The molecule has 128 valence electrons. The van der Waals surface area contributed by atoms with Crippen molar-refractivity contribution < 1.29 is 4.79 Å². The van der Waals surface area contributed by atoms with Crippen LogP contribution in [0.15, 0.2) is 36.7 Å². The summed E-state index contributed by atoms with van der Waals surface area (Å²) in [6.07, 6.45) is 3.91. The van der Waals surface area contributed by atoms with E-state index in [1.54, 1.807) is 6.20 Å². The molecule has 1 amide bonds. The number of rotatable bonds is 8. The average Bonchev–Trinajstić information content (AvgIpc) is 2.57. The van der Waals surface area contributed by atoms with Gasteiger partial charge < -0.3 is 15.5 Å².